The third-order valence-electron chi connectivity index (χ3n) is 2.07. The zero-order valence-electron chi connectivity index (χ0n) is 7.42. The summed E-state index contributed by atoms with van der Waals surface area (Å²) >= 11 is 5.68. The highest BCUT2D eigenvalue weighted by atomic mass is 35.5. The largest absolute Gasteiger partial charge is 0.466 e. The summed E-state index contributed by atoms with van der Waals surface area (Å²) in [5.41, 5.74) is -0.0422. The number of aliphatic hydroxyl groups is 3. The highest BCUT2D eigenvalue weighted by Gasteiger charge is 2.39. The average Bonchev–Trinajstić information content (AvgIpc) is 2.19. The molecule has 80 valence electrons. The van der Waals surface area contributed by atoms with Crippen LogP contribution in [-0.4, -0.2) is 52.1 Å². The lowest BCUT2D eigenvalue weighted by atomic mass is 9.92. The number of rotatable bonds is 1. The van der Waals surface area contributed by atoms with Crippen LogP contribution >= 0.6 is 11.6 Å². The molecule has 0 unspecified atom stereocenters. The van der Waals surface area contributed by atoms with Crippen LogP contribution in [0.15, 0.2) is 11.6 Å². The van der Waals surface area contributed by atoms with Crippen LogP contribution in [0.4, 0.5) is 0 Å². The van der Waals surface area contributed by atoms with Crippen LogP contribution in [0.1, 0.15) is 0 Å². The summed E-state index contributed by atoms with van der Waals surface area (Å²) in [5.74, 6) is -0.727. The van der Waals surface area contributed by atoms with Crippen LogP contribution in [0.3, 0.4) is 0 Å². The maximum absolute atomic E-state index is 11.1. The maximum atomic E-state index is 11.1. The number of alkyl halides is 1. The van der Waals surface area contributed by atoms with Crippen LogP contribution in [0, 0.1) is 0 Å². The first-order valence-electron chi connectivity index (χ1n) is 3.97. The normalized spacial score (nSPS) is 37.6. The van der Waals surface area contributed by atoms with E-state index in [2.05, 4.69) is 4.74 Å². The van der Waals surface area contributed by atoms with E-state index in [9.17, 15) is 20.1 Å². The van der Waals surface area contributed by atoms with Gasteiger partial charge < -0.3 is 20.1 Å². The number of methoxy groups -OCH3 is 1. The molecule has 0 fully saturated rings. The Labute approximate surface area is 85.6 Å². The smallest absolute Gasteiger partial charge is 0.335 e. The van der Waals surface area contributed by atoms with Gasteiger partial charge in [0, 0.05) is 0 Å². The Morgan fingerprint density at radius 1 is 1.43 bits per heavy atom. The molecule has 0 aromatic rings. The Hall–Kier alpha value is -0.620. The lowest BCUT2D eigenvalue weighted by Crippen LogP contribution is -2.47. The molecule has 3 N–H and O–H groups in total. The van der Waals surface area contributed by atoms with E-state index >= 15 is 0 Å². The fourth-order valence-electron chi connectivity index (χ4n) is 1.23. The fourth-order valence-corrected chi connectivity index (χ4v) is 1.54. The van der Waals surface area contributed by atoms with Crippen molar-refractivity contribution in [1.29, 1.82) is 0 Å². The van der Waals surface area contributed by atoms with Crippen LogP contribution in [0.25, 0.3) is 0 Å². The second kappa shape index (κ2) is 4.27. The summed E-state index contributed by atoms with van der Waals surface area (Å²) in [5, 5.41) is 26.7. The van der Waals surface area contributed by atoms with E-state index in [4.69, 9.17) is 11.6 Å². The van der Waals surface area contributed by atoms with E-state index < -0.39 is 29.7 Å². The number of hydrogen-bond acceptors (Lipinski definition) is 5. The Kier molecular flexibility index (Phi) is 3.49. The number of esters is 1. The molecule has 0 amide bonds. The van der Waals surface area contributed by atoms with Gasteiger partial charge in [-0.05, 0) is 6.08 Å². The van der Waals surface area contributed by atoms with Crippen LogP contribution in [0.5, 0.6) is 0 Å². The van der Waals surface area contributed by atoms with Crippen LogP contribution in [0.2, 0.25) is 0 Å². The van der Waals surface area contributed by atoms with Gasteiger partial charge in [-0.25, -0.2) is 4.79 Å². The molecule has 0 saturated carbocycles. The molecule has 0 saturated heterocycles. The van der Waals surface area contributed by atoms with E-state index in [-0.39, 0.29) is 5.57 Å². The van der Waals surface area contributed by atoms with Gasteiger partial charge in [-0.2, -0.15) is 0 Å². The number of halogens is 1. The molecule has 0 aromatic carbocycles. The van der Waals surface area contributed by atoms with Crippen molar-refractivity contribution in [3.63, 3.8) is 0 Å². The predicted molar refractivity (Wildman–Crippen MR) is 47.8 cm³/mol. The SMILES string of the molecule is COC(=O)C1=C[C@H](O)[C@H](O)[C@H](O)[C@H]1Cl. The number of ether oxygens (including phenoxy) is 1. The molecule has 5 nitrogen and oxygen atoms in total. The van der Waals surface area contributed by atoms with Gasteiger partial charge in [-0.15, -0.1) is 11.6 Å². The minimum atomic E-state index is -1.38. The van der Waals surface area contributed by atoms with E-state index in [1.807, 2.05) is 0 Å². The zero-order valence-corrected chi connectivity index (χ0v) is 8.18. The van der Waals surface area contributed by atoms with Gasteiger partial charge in [0.1, 0.15) is 18.3 Å². The van der Waals surface area contributed by atoms with Crippen molar-refractivity contribution in [3.8, 4) is 0 Å². The first kappa shape index (κ1) is 11.5. The quantitative estimate of drug-likeness (QED) is 0.383. The maximum Gasteiger partial charge on any atom is 0.335 e. The van der Waals surface area contributed by atoms with E-state index in [0.717, 1.165) is 13.2 Å². The molecule has 0 radical (unpaired) electrons. The molecule has 0 heterocycles. The zero-order chi connectivity index (χ0) is 10.9. The Morgan fingerprint density at radius 2 is 2.00 bits per heavy atom. The van der Waals surface area contributed by atoms with Gasteiger partial charge >= 0.3 is 5.97 Å². The van der Waals surface area contributed by atoms with Crippen molar-refractivity contribution in [1.82, 2.24) is 0 Å². The third-order valence-corrected chi connectivity index (χ3v) is 2.56. The molecule has 0 bridgehead atoms. The highest BCUT2D eigenvalue weighted by Crippen LogP contribution is 2.25. The molecule has 14 heavy (non-hydrogen) atoms. The topological polar surface area (TPSA) is 87.0 Å². The van der Waals surface area contributed by atoms with Crippen molar-refractivity contribution in [3.05, 3.63) is 11.6 Å². The summed E-state index contributed by atoms with van der Waals surface area (Å²) in [4.78, 5) is 11.1. The molecular weight excluding hydrogens is 212 g/mol. The summed E-state index contributed by atoms with van der Waals surface area (Å²) in [6.07, 6.45) is -2.99. The van der Waals surface area contributed by atoms with Crippen molar-refractivity contribution >= 4 is 17.6 Å². The number of hydrogen-bond donors (Lipinski definition) is 3. The van der Waals surface area contributed by atoms with Gasteiger partial charge in [0.15, 0.2) is 0 Å². The van der Waals surface area contributed by atoms with Crippen LogP contribution in [-0.2, 0) is 9.53 Å². The van der Waals surface area contributed by atoms with E-state index in [0.29, 0.717) is 0 Å². The predicted octanol–water partition coefficient (Wildman–Crippen LogP) is -1.21. The number of carbonyl (C=O) groups is 1. The van der Waals surface area contributed by atoms with Gasteiger partial charge in [0.05, 0.1) is 18.1 Å². The first-order chi connectivity index (χ1) is 6.49. The summed E-state index contributed by atoms with van der Waals surface area (Å²) < 4.78 is 4.40. The van der Waals surface area contributed by atoms with Crippen LogP contribution < -0.4 is 0 Å². The fraction of sp³-hybridized carbons (Fsp3) is 0.625. The minimum Gasteiger partial charge on any atom is -0.466 e. The number of aliphatic hydroxyl groups excluding tert-OH is 3. The average molecular weight is 223 g/mol. The van der Waals surface area contributed by atoms with Gasteiger partial charge in [0.2, 0.25) is 0 Å². The van der Waals surface area contributed by atoms with Gasteiger partial charge in [-0.1, -0.05) is 0 Å². The lowest BCUT2D eigenvalue weighted by Gasteiger charge is -2.30. The monoisotopic (exact) mass is 222 g/mol. The first-order valence-corrected chi connectivity index (χ1v) is 4.41. The molecule has 4 atom stereocenters. The standard InChI is InChI=1S/C8H11ClO5/c1-14-8(13)3-2-4(10)6(11)7(12)5(3)9/h2,4-7,10-12H,1H3/t4-,5-,6-,7+/m0/s1. The van der Waals surface area contributed by atoms with E-state index in [1.54, 1.807) is 0 Å². The Morgan fingerprint density at radius 3 is 2.50 bits per heavy atom. The van der Waals surface area contributed by atoms with Crippen molar-refractivity contribution in [2.24, 2.45) is 0 Å². The van der Waals surface area contributed by atoms with Crippen molar-refractivity contribution < 1.29 is 24.9 Å². The van der Waals surface area contributed by atoms with Crippen molar-refractivity contribution in [2.75, 3.05) is 7.11 Å². The molecule has 1 aliphatic rings. The van der Waals surface area contributed by atoms with Gasteiger partial charge in [-0.3, -0.25) is 0 Å². The summed E-state index contributed by atoms with van der Waals surface area (Å²) in [7, 11) is 1.16. The molecule has 1 aliphatic carbocycles. The minimum absolute atomic E-state index is 0.0422. The second-order valence-electron chi connectivity index (χ2n) is 2.99. The number of carbonyl (C=O) groups excluding carboxylic acids is 1. The summed E-state index contributed by atoms with van der Waals surface area (Å²) in [6, 6.07) is 0. The van der Waals surface area contributed by atoms with E-state index in [1.165, 1.54) is 0 Å². The third kappa shape index (κ3) is 1.90. The highest BCUT2D eigenvalue weighted by molar-refractivity contribution is 6.25. The molecular formula is C8H11ClO5. The molecule has 1 rings (SSSR count). The molecule has 6 heteroatoms. The van der Waals surface area contributed by atoms with Crippen molar-refractivity contribution in [2.45, 2.75) is 23.7 Å². The van der Waals surface area contributed by atoms with Gasteiger partial charge in [0.25, 0.3) is 0 Å². The lowest BCUT2D eigenvalue weighted by molar-refractivity contribution is -0.137. The molecule has 0 aromatic heterocycles. The Balaban J connectivity index is 2.95. The Bertz CT molecular complexity index is 264. The summed E-state index contributed by atoms with van der Waals surface area (Å²) in [6.45, 7) is 0. The molecule has 0 spiro atoms. The molecule has 0 aliphatic heterocycles. The second-order valence-corrected chi connectivity index (χ2v) is 3.46.